The number of benzene rings is 1. The van der Waals surface area contributed by atoms with E-state index < -0.39 is 22.9 Å². The van der Waals surface area contributed by atoms with Gasteiger partial charge in [-0.2, -0.15) is 0 Å². The number of nitrogens with zero attached hydrogens (tertiary/aromatic N) is 1. The smallest absolute Gasteiger partial charge is 0.341 e. The third kappa shape index (κ3) is 3.79. The van der Waals surface area contributed by atoms with E-state index in [4.69, 9.17) is 9.47 Å². The summed E-state index contributed by atoms with van der Waals surface area (Å²) in [6.45, 7) is 4.08. The van der Waals surface area contributed by atoms with Gasteiger partial charge in [0.25, 0.3) is 0 Å². The van der Waals surface area contributed by atoms with Gasteiger partial charge in [0.15, 0.2) is 0 Å². The summed E-state index contributed by atoms with van der Waals surface area (Å²) >= 11 is 0.981. The molecule has 0 aliphatic rings. The number of carbonyl (C=O) groups is 2. The number of hydrogen-bond acceptors (Lipinski definition) is 6. The Labute approximate surface area is 137 Å². The van der Waals surface area contributed by atoms with Gasteiger partial charge in [-0.15, -0.1) is 0 Å². The van der Waals surface area contributed by atoms with Crippen molar-refractivity contribution in [3.8, 4) is 0 Å². The van der Waals surface area contributed by atoms with Crippen LogP contribution in [0.3, 0.4) is 0 Å². The molecule has 0 radical (unpaired) electrons. The molecule has 0 amide bonds. The first kappa shape index (κ1) is 17.2. The first-order valence-corrected chi connectivity index (χ1v) is 8.35. The van der Waals surface area contributed by atoms with E-state index in [2.05, 4.69) is 0 Å². The summed E-state index contributed by atoms with van der Waals surface area (Å²) in [6.07, 6.45) is 1.25. The normalized spacial score (nSPS) is 10.9. The van der Waals surface area contributed by atoms with Crippen molar-refractivity contribution in [3.63, 3.8) is 0 Å². The van der Waals surface area contributed by atoms with Crippen LogP contribution in [0.15, 0.2) is 29.1 Å². The molecule has 1 aromatic carbocycles. The SMILES string of the molecule is CCCOC(=O)C(C(=O)OCCC)n1c(=O)sc2ccccc21. The Bertz CT molecular complexity index is 728. The Morgan fingerprint density at radius 3 is 2.22 bits per heavy atom. The maximum atomic E-state index is 12.3. The van der Waals surface area contributed by atoms with E-state index in [1.807, 2.05) is 13.8 Å². The lowest BCUT2D eigenvalue weighted by Gasteiger charge is -2.16. The molecule has 1 heterocycles. The van der Waals surface area contributed by atoms with Gasteiger partial charge < -0.3 is 9.47 Å². The zero-order valence-electron chi connectivity index (χ0n) is 13.1. The summed E-state index contributed by atoms with van der Waals surface area (Å²) in [6, 6.07) is 5.60. The van der Waals surface area contributed by atoms with Gasteiger partial charge in [-0.05, 0) is 25.0 Å². The van der Waals surface area contributed by atoms with E-state index in [-0.39, 0.29) is 13.2 Å². The minimum absolute atomic E-state index is 0.188. The molecule has 0 spiro atoms. The summed E-state index contributed by atoms with van der Waals surface area (Å²) in [5, 5.41) is 0. The van der Waals surface area contributed by atoms with E-state index in [9.17, 15) is 14.4 Å². The van der Waals surface area contributed by atoms with Crippen LogP contribution in [-0.4, -0.2) is 29.7 Å². The second kappa shape index (κ2) is 7.92. The number of fused-ring (bicyclic) bond motifs is 1. The molecule has 0 atom stereocenters. The molecule has 0 aliphatic carbocycles. The second-order valence-electron chi connectivity index (χ2n) is 4.94. The fourth-order valence-corrected chi connectivity index (χ4v) is 3.01. The number of hydrogen-bond donors (Lipinski definition) is 0. The quantitative estimate of drug-likeness (QED) is 0.573. The van der Waals surface area contributed by atoms with Gasteiger partial charge in [0.1, 0.15) is 0 Å². The van der Waals surface area contributed by atoms with Crippen LogP contribution in [-0.2, 0) is 19.1 Å². The molecule has 2 aromatic rings. The first-order valence-electron chi connectivity index (χ1n) is 7.53. The van der Waals surface area contributed by atoms with Crippen LogP contribution >= 0.6 is 11.3 Å². The van der Waals surface area contributed by atoms with Crippen molar-refractivity contribution in [1.29, 1.82) is 0 Å². The van der Waals surface area contributed by atoms with Gasteiger partial charge in [0.2, 0.25) is 6.04 Å². The topological polar surface area (TPSA) is 74.6 Å². The number of aromatic nitrogens is 1. The van der Waals surface area contributed by atoms with Crippen molar-refractivity contribution in [2.24, 2.45) is 0 Å². The molecule has 0 saturated heterocycles. The number of para-hydroxylation sites is 1. The molecule has 0 saturated carbocycles. The van der Waals surface area contributed by atoms with E-state index in [1.165, 1.54) is 0 Å². The summed E-state index contributed by atoms with van der Waals surface area (Å²) in [7, 11) is 0. The number of rotatable bonds is 7. The fourth-order valence-electron chi connectivity index (χ4n) is 2.10. The molecule has 0 unspecified atom stereocenters. The monoisotopic (exact) mass is 337 g/mol. The average Bonchev–Trinajstić information content (AvgIpc) is 2.87. The third-order valence-electron chi connectivity index (χ3n) is 3.12. The molecule has 0 N–H and O–H groups in total. The number of thiazole rings is 1. The maximum absolute atomic E-state index is 12.3. The first-order chi connectivity index (χ1) is 11.1. The predicted molar refractivity (Wildman–Crippen MR) is 87.6 cm³/mol. The van der Waals surface area contributed by atoms with Gasteiger partial charge in [0, 0.05) is 0 Å². The molecular formula is C16H19NO5S. The van der Waals surface area contributed by atoms with Crippen LogP contribution in [0.1, 0.15) is 32.7 Å². The summed E-state index contributed by atoms with van der Waals surface area (Å²) in [4.78, 5) is 36.6. The van der Waals surface area contributed by atoms with Crippen LogP contribution < -0.4 is 4.87 Å². The molecule has 6 nitrogen and oxygen atoms in total. The highest BCUT2D eigenvalue weighted by Crippen LogP contribution is 2.22. The molecule has 124 valence electrons. The zero-order valence-corrected chi connectivity index (χ0v) is 13.9. The van der Waals surface area contributed by atoms with Gasteiger partial charge in [0.05, 0.1) is 23.4 Å². The van der Waals surface area contributed by atoms with Crippen LogP contribution in [0.5, 0.6) is 0 Å². The van der Waals surface area contributed by atoms with E-state index in [0.717, 1.165) is 15.9 Å². The van der Waals surface area contributed by atoms with Crippen LogP contribution in [0.2, 0.25) is 0 Å². The van der Waals surface area contributed by atoms with E-state index in [0.29, 0.717) is 23.1 Å². The standard InChI is InChI=1S/C16H19NO5S/c1-3-9-21-14(18)13(15(19)22-10-4-2)17-11-7-5-6-8-12(11)23-16(17)20/h5-8,13H,3-4,9-10H2,1-2H3. The van der Waals surface area contributed by atoms with Crippen LogP contribution in [0, 0.1) is 0 Å². The minimum Gasteiger partial charge on any atom is -0.464 e. The van der Waals surface area contributed by atoms with Gasteiger partial charge in [-0.1, -0.05) is 37.3 Å². The second-order valence-corrected chi connectivity index (χ2v) is 5.94. The van der Waals surface area contributed by atoms with Gasteiger partial charge >= 0.3 is 16.8 Å². The molecule has 23 heavy (non-hydrogen) atoms. The highest BCUT2D eigenvalue weighted by atomic mass is 32.1. The highest BCUT2D eigenvalue weighted by Gasteiger charge is 2.34. The largest absolute Gasteiger partial charge is 0.464 e. The predicted octanol–water partition coefficient (Wildman–Crippen LogP) is 2.51. The molecular weight excluding hydrogens is 318 g/mol. The van der Waals surface area contributed by atoms with E-state index >= 15 is 0 Å². The van der Waals surface area contributed by atoms with Crippen molar-refractivity contribution in [3.05, 3.63) is 33.9 Å². The zero-order chi connectivity index (χ0) is 16.8. The molecule has 0 fully saturated rings. The van der Waals surface area contributed by atoms with Crippen LogP contribution in [0.4, 0.5) is 0 Å². The number of carbonyl (C=O) groups excluding carboxylic acids is 2. The molecule has 2 rings (SSSR count). The van der Waals surface area contributed by atoms with Gasteiger partial charge in [-0.25, -0.2) is 9.59 Å². The Morgan fingerprint density at radius 1 is 1.09 bits per heavy atom. The minimum atomic E-state index is -1.41. The summed E-state index contributed by atoms with van der Waals surface area (Å²) < 4.78 is 12.0. The lowest BCUT2D eigenvalue weighted by atomic mass is 10.2. The average molecular weight is 337 g/mol. The van der Waals surface area contributed by atoms with Gasteiger partial charge in [-0.3, -0.25) is 9.36 Å². The number of ether oxygens (including phenoxy) is 2. The lowest BCUT2D eigenvalue weighted by Crippen LogP contribution is -2.35. The Balaban J connectivity index is 2.46. The van der Waals surface area contributed by atoms with Crippen LogP contribution in [0.25, 0.3) is 10.2 Å². The van der Waals surface area contributed by atoms with Crippen molar-refractivity contribution in [2.75, 3.05) is 13.2 Å². The Kier molecular flexibility index (Phi) is 5.92. The highest BCUT2D eigenvalue weighted by molar-refractivity contribution is 7.16. The Hall–Kier alpha value is -2.15. The van der Waals surface area contributed by atoms with E-state index in [1.54, 1.807) is 24.3 Å². The maximum Gasteiger partial charge on any atom is 0.341 e. The molecule has 0 bridgehead atoms. The summed E-state index contributed by atoms with van der Waals surface area (Å²) in [5.74, 6) is -1.53. The third-order valence-corrected chi connectivity index (χ3v) is 4.06. The Morgan fingerprint density at radius 2 is 1.65 bits per heavy atom. The fraction of sp³-hybridized carbons (Fsp3) is 0.438. The van der Waals surface area contributed by atoms with Crippen molar-refractivity contribution >= 4 is 33.5 Å². The lowest BCUT2D eigenvalue weighted by molar-refractivity contribution is -0.160. The number of esters is 2. The van der Waals surface area contributed by atoms with Crippen molar-refractivity contribution in [2.45, 2.75) is 32.7 Å². The molecule has 0 aliphatic heterocycles. The summed E-state index contributed by atoms with van der Waals surface area (Å²) in [5.41, 5.74) is 0.523. The molecule has 7 heteroatoms. The van der Waals surface area contributed by atoms with Crippen molar-refractivity contribution in [1.82, 2.24) is 4.57 Å². The van der Waals surface area contributed by atoms with Crippen molar-refractivity contribution < 1.29 is 19.1 Å². The molecule has 1 aromatic heterocycles.